The lowest BCUT2D eigenvalue weighted by Crippen LogP contribution is -2.31. The third-order valence-corrected chi connectivity index (χ3v) is 4.21. The van der Waals surface area contributed by atoms with Crippen molar-refractivity contribution in [1.82, 2.24) is 0 Å². The van der Waals surface area contributed by atoms with Crippen molar-refractivity contribution in [3.8, 4) is 0 Å². The maximum absolute atomic E-state index is 11.8. The van der Waals surface area contributed by atoms with Gasteiger partial charge in [0.1, 0.15) is 0 Å². The number of sulfonamides is 1. The number of carboxylic acids is 1. The highest BCUT2D eigenvalue weighted by atomic mass is 32.2. The first kappa shape index (κ1) is 16.5. The average molecular weight is 301 g/mol. The fraction of sp³-hybridized carbons (Fsp3) is 0.462. The minimum absolute atomic E-state index is 0.00342. The molecule has 0 aromatic heterocycles. The Kier molecular flexibility index (Phi) is 5.13. The Hall–Kier alpha value is -1.60. The van der Waals surface area contributed by atoms with E-state index >= 15 is 0 Å². The molecule has 6 nitrogen and oxygen atoms in total. The van der Waals surface area contributed by atoms with Gasteiger partial charge in [0.15, 0.2) is 0 Å². The van der Waals surface area contributed by atoms with Gasteiger partial charge in [-0.3, -0.25) is 4.31 Å². The minimum atomic E-state index is -3.50. The Morgan fingerprint density at radius 1 is 1.35 bits per heavy atom. The highest BCUT2D eigenvalue weighted by Gasteiger charge is 2.20. The van der Waals surface area contributed by atoms with Gasteiger partial charge in [-0.15, -0.1) is 0 Å². The van der Waals surface area contributed by atoms with Crippen LogP contribution in [0.15, 0.2) is 12.1 Å². The highest BCUT2D eigenvalue weighted by molar-refractivity contribution is 7.92. The molecule has 0 aliphatic carbocycles. The molecule has 2 N–H and O–H groups in total. The van der Waals surface area contributed by atoms with Crippen LogP contribution in [0.2, 0.25) is 0 Å². The fourth-order valence-corrected chi connectivity index (χ4v) is 2.98. The van der Waals surface area contributed by atoms with Crippen molar-refractivity contribution in [3.05, 3.63) is 28.8 Å². The van der Waals surface area contributed by atoms with Crippen molar-refractivity contribution >= 4 is 21.7 Å². The van der Waals surface area contributed by atoms with Crippen molar-refractivity contribution in [2.24, 2.45) is 0 Å². The molecule has 0 bridgehead atoms. The molecule has 0 saturated heterocycles. The van der Waals surface area contributed by atoms with Gasteiger partial charge < -0.3 is 10.2 Å². The Morgan fingerprint density at radius 3 is 2.35 bits per heavy atom. The molecule has 0 fully saturated rings. The topological polar surface area (TPSA) is 94.9 Å². The lowest BCUT2D eigenvalue weighted by Gasteiger charge is -2.23. The zero-order valence-electron chi connectivity index (χ0n) is 11.8. The van der Waals surface area contributed by atoms with Gasteiger partial charge in [-0.25, -0.2) is 13.2 Å². The van der Waals surface area contributed by atoms with E-state index in [1.807, 2.05) is 6.92 Å². The molecule has 7 heteroatoms. The molecule has 0 radical (unpaired) electrons. The van der Waals surface area contributed by atoms with E-state index in [1.165, 1.54) is 12.1 Å². The van der Waals surface area contributed by atoms with Crippen molar-refractivity contribution in [2.75, 3.05) is 17.1 Å². The fourth-order valence-electron chi connectivity index (χ4n) is 1.98. The van der Waals surface area contributed by atoms with Crippen LogP contribution in [0, 0.1) is 6.92 Å². The average Bonchev–Trinajstić information content (AvgIpc) is 2.34. The molecule has 112 valence electrons. The molecule has 0 amide bonds. The third-order valence-electron chi connectivity index (χ3n) is 3.02. The largest absolute Gasteiger partial charge is 0.478 e. The van der Waals surface area contributed by atoms with Gasteiger partial charge in [-0.2, -0.15) is 0 Å². The van der Waals surface area contributed by atoms with E-state index in [0.717, 1.165) is 10.6 Å². The van der Waals surface area contributed by atoms with Gasteiger partial charge >= 0.3 is 5.97 Å². The number of aliphatic hydroxyl groups excluding tert-OH is 1. The number of hydrogen-bond acceptors (Lipinski definition) is 4. The van der Waals surface area contributed by atoms with Crippen molar-refractivity contribution in [3.63, 3.8) is 0 Å². The van der Waals surface area contributed by atoms with E-state index in [2.05, 4.69) is 0 Å². The normalized spacial score (nSPS) is 11.4. The lowest BCUT2D eigenvalue weighted by atomic mass is 10.0. The quantitative estimate of drug-likeness (QED) is 0.827. The molecule has 20 heavy (non-hydrogen) atoms. The SMILES string of the molecule is CCCN(c1cc(CO)c(C)c(C(=O)O)c1)S(C)(=O)=O. The van der Waals surface area contributed by atoms with Crippen LogP contribution < -0.4 is 4.31 Å². The van der Waals surface area contributed by atoms with Gasteiger partial charge in [-0.05, 0) is 36.6 Å². The molecular weight excluding hydrogens is 282 g/mol. The number of benzene rings is 1. The number of carbonyl (C=O) groups is 1. The summed E-state index contributed by atoms with van der Waals surface area (Å²) in [7, 11) is -3.50. The highest BCUT2D eigenvalue weighted by Crippen LogP contribution is 2.25. The summed E-state index contributed by atoms with van der Waals surface area (Å²) in [5, 5.41) is 18.5. The van der Waals surface area contributed by atoms with E-state index in [0.29, 0.717) is 17.5 Å². The van der Waals surface area contributed by atoms with Crippen molar-refractivity contribution < 1.29 is 23.4 Å². The van der Waals surface area contributed by atoms with E-state index < -0.39 is 16.0 Å². The second-order valence-electron chi connectivity index (χ2n) is 4.58. The van der Waals surface area contributed by atoms with Gasteiger partial charge in [0.05, 0.1) is 24.1 Å². The Labute approximate surface area is 118 Å². The maximum atomic E-state index is 11.8. The van der Waals surface area contributed by atoms with Crippen LogP contribution in [0.5, 0.6) is 0 Å². The number of hydrogen-bond donors (Lipinski definition) is 2. The van der Waals surface area contributed by atoms with Crippen LogP contribution in [-0.4, -0.2) is 37.4 Å². The van der Waals surface area contributed by atoms with Crippen LogP contribution in [0.4, 0.5) is 5.69 Å². The summed E-state index contributed by atoms with van der Waals surface area (Å²) in [5.41, 5.74) is 1.11. The zero-order chi connectivity index (χ0) is 15.5. The summed E-state index contributed by atoms with van der Waals surface area (Å²) in [6, 6.07) is 2.84. The van der Waals surface area contributed by atoms with Crippen molar-refractivity contribution in [1.29, 1.82) is 0 Å². The molecule has 1 aromatic carbocycles. The van der Waals surface area contributed by atoms with E-state index in [9.17, 15) is 23.4 Å². The number of carboxylic acid groups (broad SMARTS) is 1. The van der Waals surface area contributed by atoms with Crippen LogP contribution >= 0.6 is 0 Å². The molecule has 0 saturated carbocycles. The summed E-state index contributed by atoms with van der Waals surface area (Å²) in [5.74, 6) is -1.15. The van der Waals surface area contributed by atoms with Gasteiger partial charge in [0, 0.05) is 6.54 Å². The van der Waals surface area contributed by atoms with Crippen molar-refractivity contribution in [2.45, 2.75) is 26.9 Å². The van der Waals surface area contributed by atoms with Crippen LogP contribution in [-0.2, 0) is 16.6 Å². The first-order valence-electron chi connectivity index (χ1n) is 6.17. The van der Waals surface area contributed by atoms with Crippen LogP contribution in [0.25, 0.3) is 0 Å². The maximum Gasteiger partial charge on any atom is 0.336 e. The number of aromatic carboxylic acids is 1. The molecule has 0 aliphatic heterocycles. The summed E-state index contributed by atoms with van der Waals surface area (Å²) in [6.45, 7) is 3.33. The standard InChI is InChI=1S/C13H19NO5S/c1-4-5-14(20(3,18)19)11-6-10(8-15)9(2)12(7-11)13(16)17/h6-7,15H,4-5,8H2,1-3H3,(H,16,17). The summed E-state index contributed by atoms with van der Waals surface area (Å²) < 4.78 is 24.8. The molecule has 0 aliphatic rings. The molecule has 0 unspecified atom stereocenters. The van der Waals surface area contributed by atoms with Gasteiger partial charge in [0.25, 0.3) is 0 Å². The first-order chi connectivity index (χ1) is 9.22. The second kappa shape index (κ2) is 6.23. The smallest absolute Gasteiger partial charge is 0.336 e. The number of rotatable bonds is 6. The van der Waals surface area contributed by atoms with Crippen LogP contribution in [0.3, 0.4) is 0 Å². The molecule has 1 rings (SSSR count). The Bertz CT molecular complexity index is 609. The van der Waals surface area contributed by atoms with Gasteiger partial charge in [0.2, 0.25) is 10.0 Å². The molecular formula is C13H19NO5S. The molecule has 0 heterocycles. The third kappa shape index (κ3) is 3.49. The summed E-state index contributed by atoms with van der Waals surface area (Å²) in [6.07, 6.45) is 1.67. The minimum Gasteiger partial charge on any atom is -0.478 e. The summed E-state index contributed by atoms with van der Waals surface area (Å²) in [4.78, 5) is 11.2. The summed E-state index contributed by atoms with van der Waals surface area (Å²) >= 11 is 0. The zero-order valence-corrected chi connectivity index (χ0v) is 12.6. The van der Waals surface area contributed by atoms with E-state index in [1.54, 1.807) is 6.92 Å². The van der Waals surface area contributed by atoms with Crippen LogP contribution in [0.1, 0.15) is 34.8 Å². The molecule has 0 atom stereocenters. The Balaban J connectivity index is 3.51. The Morgan fingerprint density at radius 2 is 1.95 bits per heavy atom. The molecule has 0 spiro atoms. The number of anilines is 1. The van der Waals surface area contributed by atoms with E-state index in [4.69, 9.17) is 0 Å². The monoisotopic (exact) mass is 301 g/mol. The lowest BCUT2D eigenvalue weighted by molar-refractivity contribution is 0.0696. The number of nitrogens with zero attached hydrogens (tertiary/aromatic N) is 1. The first-order valence-corrected chi connectivity index (χ1v) is 8.02. The predicted molar refractivity (Wildman–Crippen MR) is 76.5 cm³/mol. The van der Waals surface area contributed by atoms with Gasteiger partial charge in [-0.1, -0.05) is 6.92 Å². The second-order valence-corrected chi connectivity index (χ2v) is 6.48. The van der Waals surface area contributed by atoms with E-state index in [-0.39, 0.29) is 24.4 Å². The molecule has 1 aromatic rings. The number of aliphatic hydroxyl groups is 1. The predicted octanol–water partition coefficient (Wildman–Crippen LogP) is 1.36.